The third-order valence-corrected chi connectivity index (χ3v) is 8.09. The Morgan fingerprint density at radius 2 is 1.79 bits per heavy atom. The van der Waals surface area contributed by atoms with Crippen LogP contribution in [-0.2, 0) is 16.6 Å². The van der Waals surface area contributed by atoms with Crippen molar-refractivity contribution in [2.24, 2.45) is 0 Å². The lowest BCUT2D eigenvalue weighted by Gasteiger charge is -2.14. The number of aromatic nitrogens is 2. The van der Waals surface area contributed by atoms with E-state index in [0.29, 0.717) is 18.0 Å². The van der Waals surface area contributed by atoms with E-state index in [-0.39, 0.29) is 22.5 Å². The third kappa shape index (κ3) is 6.04. The van der Waals surface area contributed by atoms with E-state index in [2.05, 4.69) is 20.5 Å². The highest BCUT2D eigenvalue weighted by Crippen LogP contribution is 2.25. The number of urea groups is 1. The number of amides is 3. The first-order valence-electron chi connectivity index (χ1n) is 12.6. The van der Waals surface area contributed by atoms with Crippen molar-refractivity contribution >= 4 is 38.6 Å². The summed E-state index contributed by atoms with van der Waals surface area (Å²) < 4.78 is 34.5. The Labute approximate surface area is 226 Å². The summed E-state index contributed by atoms with van der Waals surface area (Å²) in [5.74, 6) is -0.353. The molecule has 0 bridgehead atoms. The van der Waals surface area contributed by atoms with Gasteiger partial charge in [-0.3, -0.25) is 9.48 Å². The van der Waals surface area contributed by atoms with Gasteiger partial charge in [-0.2, -0.15) is 5.10 Å². The zero-order valence-corrected chi connectivity index (χ0v) is 22.2. The molecule has 1 fully saturated rings. The number of hydrogen-bond donors (Lipinski definition) is 3. The lowest BCUT2D eigenvalue weighted by molar-refractivity contribution is 0.0981. The Morgan fingerprint density at radius 1 is 1.03 bits per heavy atom. The standard InChI is InChI=1S/C28H29N5O5S/c1-38-26-15-19(27(34)32-39(36,37)24-9-3-2-4-10-24)11-12-21(26)18-33-25-16-23(14-13-20(25)17-29-33)31-28(35)30-22-7-5-6-8-22/h2-4,9-17,22H,5-8,18H2,1H3,(H,32,34)(H2,30,31,35). The minimum absolute atomic E-state index is 0.00243. The summed E-state index contributed by atoms with van der Waals surface area (Å²) in [6.45, 7) is 0.328. The van der Waals surface area contributed by atoms with Crippen molar-refractivity contribution in [2.75, 3.05) is 12.4 Å². The molecule has 3 N–H and O–H groups in total. The minimum Gasteiger partial charge on any atom is -0.496 e. The van der Waals surface area contributed by atoms with Crippen LogP contribution in [0.4, 0.5) is 10.5 Å². The third-order valence-electron chi connectivity index (χ3n) is 6.74. The lowest BCUT2D eigenvalue weighted by atomic mass is 10.1. The van der Waals surface area contributed by atoms with Crippen LogP contribution in [0.3, 0.4) is 0 Å². The van der Waals surface area contributed by atoms with Gasteiger partial charge in [0.05, 0.1) is 30.3 Å². The van der Waals surface area contributed by atoms with Gasteiger partial charge in [0.15, 0.2) is 0 Å². The van der Waals surface area contributed by atoms with E-state index in [1.165, 1.54) is 25.3 Å². The van der Waals surface area contributed by atoms with Gasteiger partial charge in [-0.25, -0.2) is 17.9 Å². The summed E-state index contributed by atoms with van der Waals surface area (Å²) in [5, 5.41) is 11.3. The number of methoxy groups -OCH3 is 1. The molecule has 0 aliphatic heterocycles. The number of ether oxygens (including phenoxy) is 1. The maximum absolute atomic E-state index is 12.7. The number of nitrogens with zero attached hydrogens (tertiary/aromatic N) is 2. The van der Waals surface area contributed by atoms with E-state index in [1.54, 1.807) is 41.2 Å². The first kappa shape index (κ1) is 26.2. The van der Waals surface area contributed by atoms with E-state index >= 15 is 0 Å². The largest absolute Gasteiger partial charge is 0.496 e. The summed E-state index contributed by atoms with van der Waals surface area (Å²) in [6.07, 6.45) is 6.02. The van der Waals surface area contributed by atoms with Gasteiger partial charge in [-0.15, -0.1) is 0 Å². The maximum atomic E-state index is 12.7. The molecule has 1 aliphatic carbocycles. The molecule has 3 amide bonds. The predicted octanol–water partition coefficient (Wildman–Crippen LogP) is 4.28. The fourth-order valence-electron chi connectivity index (χ4n) is 4.71. The molecule has 39 heavy (non-hydrogen) atoms. The van der Waals surface area contributed by atoms with E-state index in [4.69, 9.17) is 4.74 Å². The van der Waals surface area contributed by atoms with Crippen LogP contribution in [0.2, 0.25) is 0 Å². The second kappa shape index (κ2) is 11.2. The second-order valence-electron chi connectivity index (χ2n) is 9.43. The SMILES string of the molecule is COc1cc(C(=O)NS(=O)(=O)c2ccccc2)ccc1Cn1ncc2ccc(NC(=O)NC3CCCC3)cc21. The van der Waals surface area contributed by atoms with E-state index in [9.17, 15) is 18.0 Å². The second-order valence-corrected chi connectivity index (χ2v) is 11.1. The van der Waals surface area contributed by atoms with Crippen molar-refractivity contribution in [2.45, 2.75) is 43.2 Å². The smallest absolute Gasteiger partial charge is 0.319 e. The van der Waals surface area contributed by atoms with Crippen molar-refractivity contribution in [1.29, 1.82) is 0 Å². The first-order valence-corrected chi connectivity index (χ1v) is 14.1. The number of carbonyl (C=O) groups excluding carboxylic acids is 2. The highest BCUT2D eigenvalue weighted by Gasteiger charge is 2.20. The Kier molecular flexibility index (Phi) is 7.51. The van der Waals surface area contributed by atoms with Crippen LogP contribution in [0.1, 0.15) is 41.6 Å². The zero-order chi connectivity index (χ0) is 27.4. The molecule has 0 spiro atoms. The molecule has 1 saturated carbocycles. The van der Waals surface area contributed by atoms with Gasteiger partial charge in [0.1, 0.15) is 5.75 Å². The van der Waals surface area contributed by atoms with Gasteiger partial charge in [0.25, 0.3) is 15.9 Å². The first-order chi connectivity index (χ1) is 18.8. The van der Waals surface area contributed by atoms with Crippen LogP contribution in [-0.4, -0.2) is 43.3 Å². The highest BCUT2D eigenvalue weighted by molar-refractivity contribution is 7.90. The molecule has 0 radical (unpaired) electrons. The van der Waals surface area contributed by atoms with Crippen LogP contribution in [0, 0.1) is 0 Å². The molecule has 0 atom stereocenters. The summed E-state index contributed by atoms with van der Waals surface area (Å²) in [7, 11) is -2.53. The lowest BCUT2D eigenvalue weighted by Crippen LogP contribution is -2.36. The van der Waals surface area contributed by atoms with Gasteiger partial charge in [-0.1, -0.05) is 37.1 Å². The fourth-order valence-corrected chi connectivity index (χ4v) is 5.71. The Balaban J connectivity index is 1.32. The molecule has 0 saturated heterocycles. The van der Waals surface area contributed by atoms with Crippen LogP contribution in [0.25, 0.3) is 10.9 Å². The topological polar surface area (TPSA) is 131 Å². The number of nitrogens with one attached hydrogen (secondary N) is 3. The number of hydrogen-bond acceptors (Lipinski definition) is 6. The molecule has 10 nitrogen and oxygen atoms in total. The van der Waals surface area contributed by atoms with Gasteiger partial charge < -0.3 is 15.4 Å². The molecule has 3 aromatic carbocycles. The summed E-state index contributed by atoms with van der Waals surface area (Å²) >= 11 is 0. The molecule has 1 aromatic heterocycles. The average Bonchev–Trinajstić information content (AvgIpc) is 3.59. The molecule has 202 valence electrons. The number of sulfonamides is 1. The van der Waals surface area contributed by atoms with Crippen molar-refractivity contribution in [3.63, 3.8) is 0 Å². The number of rotatable bonds is 8. The molecular formula is C28H29N5O5S. The fraction of sp³-hybridized carbons (Fsp3) is 0.250. The molecule has 11 heteroatoms. The summed E-state index contributed by atoms with van der Waals surface area (Å²) in [6, 6.07) is 18.0. The van der Waals surface area contributed by atoms with Crippen molar-refractivity contribution in [1.82, 2.24) is 19.8 Å². The van der Waals surface area contributed by atoms with Crippen molar-refractivity contribution < 1.29 is 22.7 Å². The van der Waals surface area contributed by atoms with Gasteiger partial charge in [-0.05, 0) is 55.3 Å². The van der Waals surface area contributed by atoms with Gasteiger partial charge >= 0.3 is 6.03 Å². The number of anilines is 1. The van der Waals surface area contributed by atoms with E-state index in [0.717, 1.165) is 42.1 Å². The number of fused-ring (bicyclic) bond motifs is 1. The van der Waals surface area contributed by atoms with E-state index < -0.39 is 15.9 Å². The van der Waals surface area contributed by atoms with Crippen molar-refractivity contribution in [3.8, 4) is 5.75 Å². The zero-order valence-electron chi connectivity index (χ0n) is 21.4. The molecule has 1 aliphatic rings. The Bertz CT molecular complexity index is 1610. The minimum atomic E-state index is -4.01. The average molecular weight is 548 g/mol. The Hall–Kier alpha value is -4.38. The molecule has 5 rings (SSSR count). The summed E-state index contributed by atoms with van der Waals surface area (Å²) in [5.41, 5.74) is 2.34. The van der Waals surface area contributed by atoms with Crippen LogP contribution in [0.15, 0.2) is 77.8 Å². The van der Waals surface area contributed by atoms with Crippen LogP contribution < -0.4 is 20.1 Å². The molecule has 4 aromatic rings. The van der Waals surface area contributed by atoms with E-state index in [1.807, 2.05) is 18.2 Å². The molecule has 1 heterocycles. The Morgan fingerprint density at radius 3 is 2.54 bits per heavy atom. The normalized spacial score (nSPS) is 13.8. The quantitative estimate of drug-likeness (QED) is 0.302. The molecular weight excluding hydrogens is 518 g/mol. The predicted molar refractivity (Wildman–Crippen MR) is 147 cm³/mol. The maximum Gasteiger partial charge on any atom is 0.319 e. The summed E-state index contributed by atoms with van der Waals surface area (Å²) in [4.78, 5) is 25.2. The van der Waals surface area contributed by atoms with Gasteiger partial charge in [0.2, 0.25) is 0 Å². The number of carbonyl (C=O) groups is 2. The number of benzene rings is 3. The van der Waals surface area contributed by atoms with Crippen LogP contribution in [0.5, 0.6) is 5.75 Å². The van der Waals surface area contributed by atoms with Gasteiger partial charge in [0, 0.05) is 28.2 Å². The van der Waals surface area contributed by atoms with Crippen molar-refractivity contribution in [3.05, 3.63) is 84.1 Å². The molecule has 0 unspecified atom stereocenters. The highest BCUT2D eigenvalue weighted by atomic mass is 32.2. The van der Waals surface area contributed by atoms with Crippen LogP contribution >= 0.6 is 0 Å². The monoisotopic (exact) mass is 547 g/mol.